The molecule has 7 heteroatoms. The third-order valence-electron chi connectivity index (χ3n) is 2.76. The molecule has 0 spiro atoms. The maximum atomic E-state index is 11.5. The minimum absolute atomic E-state index is 0.00221. The Morgan fingerprint density at radius 3 is 2.67 bits per heavy atom. The standard InChI is InChI=1S/C14H24N2O5/c1-14(2,3)21-13(19)15-8-4-5-12(18)20-9-10-6-7-11(17)16-10/h10H,4-9H2,1-3H3,(H,15,19)(H,16,17)/t10-/m1/s1. The van der Waals surface area contributed by atoms with Crippen LogP contribution in [0.3, 0.4) is 0 Å². The highest BCUT2D eigenvalue weighted by Crippen LogP contribution is 2.08. The molecular weight excluding hydrogens is 276 g/mol. The van der Waals surface area contributed by atoms with Gasteiger partial charge in [-0.1, -0.05) is 0 Å². The van der Waals surface area contributed by atoms with Crippen LogP contribution in [0.4, 0.5) is 4.79 Å². The fourth-order valence-corrected chi connectivity index (χ4v) is 1.81. The largest absolute Gasteiger partial charge is 0.463 e. The number of hydrogen-bond donors (Lipinski definition) is 2. The Morgan fingerprint density at radius 2 is 2.10 bits per heavy atom. The highest BCUT2D eigenvalue weighted by atomic mass is 16.6. The number of carbonyl (C=O) groups excluding carboxylic acids is 3. The fraction of sp³-hybridized carbons (Fsp3) is 0.786. The smallest absolute Gasteiger partial charge is 0.407 e. The van der Waals surface area contributed by atoms with E-state index in [0.29, 0.717) is 25.8 Å². The Balaban J connectivity index is 2.03. The molecule has 2 N–H and O–H groups in total. The lowest BCUT2D eigenvalue weighted by Crippen LogP contribution is -2.33. The first-order chi connectivity index (χ1) is 9.76. The van der Waals surface area contributed by atoms with Crippen LogP contribution in [0.25, 0.3) is 0 Å². The Bertz CT molecular complexity index is 389. The molecule has 0 saturated carbocycles. The van der Waals surface area contributed by atoms with Crippen LogP contribution in [0, 0.1) is 0 Å². The van der Waals surface area contributed by atoms with E-state index in [4.69, 9.17) is 9.47 Å². The van der Waals surface area contributed by atoms with Crippen molar-refractivity contribution in [3.8, 4) is 0 Å². The highest BCUT2D eigenvalue weighted by molar-refractivity contribution is 5.78. The molecule has 7 nitrogen and oxygen atoms in total. The number of alkyl carbamates (subject to hydrolysis) is 1. The van der Waals surface area contributed by atoms with Gasteiger partial charge in [0.1, 0.15) is 12.2 Å². The molecule has 0 bridgehead atoms. The van der Waals surface area contributed by atoms with Gasteiger partial charge < -0.3 is 20.1 Å². The second-order valence-electron chi connectivity index (χ2n) is 6.02. The maximum absolute atomic E-state index is 11.5. The van der Waals surface area contributed by atoms with E-state index >= 15 is 0 Å². The van der Waals surface area contributed by atoms with Gasteiger partial charge in [0.15, 0.2) is 0 Å². The van der Waals surface area contributed by atoms with E-state index in [9.17, 15) is 14.4 Å². The minimum atomic E-state index is -0.533. The van der Waals surface area contributed by atoms with Crippen LogP contribution < -0.4 is 10.6 Å². The number of carbonyl (C=O) groups is 3. The average Bonchev–Trinajstić information content (AvgIpc) is 2.76. The summed E-state index contributed by atoms with van der Waals surface area (Å²) in [6, 6.07) is -0.0682. The van der Waals surface area contributed by atoms with Crippen LogP contribution in [0.5, 0.6) is 0 Å². The van der Waals surface area contributed by atoms with Crippen LogP contribution >= 0.6 is 0 Å². The van der Waals surface area contributed by atoms with Gasteiger partial charge in [0.25, 0.3) is 0 Å². The second kappa shape index (κ2) is 7.85. The predicted molar refractivity (Wildman–Crippen MR) is 75.6 cm³/mol. The van der Waals surface area contributed by atoms with Crippen LogP contribution in [0.2, 0.25) is 0 Å². The molecule has 0 aliphatic carbocycles. The molecule has 120 valence electrons. The molecule has 21 heavy (non-hydrogen) atoms. The molecule has 2 amide bonds. The van der Waals surface area contributed by atoms with Crippen LogP contribution in [-0.2, 0) is 19.1 Å². The van der Waals surface area contributed by atoms with E-state index in [0.717, 1.165) is 0 Å². The molecule has 0 aromatic rings. The first-order valence-corrected chi connectivity index (χ1v) is 7.18. The summed E-state index contributed by atoms with van der Waals surface area (Å²) in [7, 11) is 0. The summed E-state index contributed by atoms with van der Waals surface area (Å²) in [6.07, 6.45) is 1.39. The molecule has 1 atom stereocenters. The zero-order valence-electron chi connectivity index (χ0n) is 12.9. The molecule has 1 aliphatic heterocycles. The summed E-state index contributed by atoms with van der Waals surface area (Å²) in [5.74, 6) is -0.334. The van der Waals surface area contributed by atoms with Gasteiger partial charge in [-0.05, 0) is 33.6 Å². The lowest BCUT2D eigenvalue weighted by molar-refractivity contribution is -0.144. The third-order valence-corrected chi connectivity index (χ3v) is 2.76. The third kappa shape index (κ3) is 8.16. The highest BCUT2D eigenvalue weighted by Gasteiger charge is 2.21. The number of amides is 2. The summed E-state index contributed by atoms with van der Waals surface area (Å²) in [6.45, 7) is 5.91. The summed E-state index contributed by atoms with van der Waals surface area (Å²) >= 11 is 0. The number of rotatable bonds is 6. The van der Waals surface area contributed by atoms with E-state index in [-0.39, 0.29) is 30.9 Å². The van der Waals surface area contributed by atoms with Gasteiger partial charge >= 0.3 is 12.1 Å². The van der Waals surface area contributed by atoms with Gasteiger partial charge in [-0.3, -0.25) is 9.59 Å². The SMILES string of the molecule is CC(C)(C)OC(=O)NCCCC(=O)OC[C@H]1CCC(=O)N1. The predicted octanol–water partition coefficient (Wildman–Crippen LogP) is 1.11. The molecule has 0 aromatic heterocycles. The average molecular weight is 300 g/mol. The maximum Gasteiger partial charge on any atom is 0.407 e. The Morgan fingerprint density at radius 1 is 1.38 bits per heavy atom. The summed E-state index contributed by atoms with van der Waals surface area (Å²) in [4.78, 5) is 33.8. The molecule has 1 aliphatic rings. The van der Waals surface area contributed by atoms with Gasteiger partial charge in [-0.2, -0.15) is 0 Å². The minimum Gasteiger partial charge on any atom is -0.463 e. The molecule has 0 unspecified atom stereocenters. The van der Waals surface area contributed by atoms with E-state index in [1.54, 1.807) is 20.8 Å². The van der Waals surface area contributed by atoms with E-state index in [1.165, 1.54) is 0 Å². The Hall–Kier alpha value is -1.79. The van der Waals surface area contributed by atoms with Crippen molar-refractivity contribution >= 4 is 18.0 Å². The second-order valence-corrected chi connectivity index (χ2v) is 6.02. The molecule has 1 heterocycles. The van der Waals surface area contributed by atoms with Crippen molar-refractivity contribution in [3.63, 3.8) is 0 Å². The zero-order valence-corrected chi connectivity index (χ0v) is 12.9. The summed E-state index contributed by atoms with van der Waals surface area (Å²) < 4.78 is 10.1. The van der Waals surface area contributed by atoms with Gasteiger partial charge in [0, 0.05) is 19.4 Å². The fourth-order valence-electron chi connectivity index (χ4n) is 1.81. The van der Waals surface area contributed by atoms with Gasteiger partial charge in [0.05, 0.1) is 6.04 Å². The first-order valence-electron chi connectivity index (χ1n) is 7.18. The van der Waals surface area contributed by atoms with Crippen LogP contribution in [0.15, 0.2) is 0 Å². The molecule has 1 rings (SSSR count). The van der Waals surface area contributed by atoms with Crippen molar-refractivity contribution in [1.29, 1.82) is 0 Å². The van der Waals surface area contributed by atoms with Crippen molar-refractivity contribution < 1.29 is 23.9 Å². The Kier molecular flexibility index (Phi) is 6.45. The quantitative estimate of drug-likeness (QED) is 0.566. The monoisotopic (exact) mass is 300 g/mol. The number of esters is 1. The van der Waals surface area contributed by atoms with Gasteiger partial charge in [0.2, 0.25) is 5.91 Å². The molecule has 0 radical (unpaired) electrons. The van der Waals surface area contributed by atoms with Gasteiger partial charge in [-0.15, -0.1) is 0 Å². The van der Waals surface area contributed by atoms with E-state index in [2.05, 4.69) is 10.6 Å². The van der Waals surface area contributed by atoms with E-state index < -0.39 is 11.7 Å². The summed E-state index contributed by atoms with van der Waals surface area (Å²) in [5, 5.41) is 5.30. The molecular formula is C14H24N2O5. The normalized spacial score (nSPS) is 18.0. The van der Waals surface area contributed by atoms with Gasteiger partial charge in [-0.25, -0.2) is 4.79 Å². The first kappa shape index (κ1) is 17.3. The lowest BCUT2D eigenvalue weighted by atomic mass is 10.2. The molecule has 0 aromatic carbocycles. The number of nitrogens with one attached hydrogen (secondary N) is 2. The molecule has 1 saturated heterocycles. The van der Waals surface area contributed by atoms with Crippen molar-refractivity contribution in [2.45, 2.75) is 58.1 Å². The van der Waals surface area contributed by atoms with Crippen molar-refractivity contribution in [1.82, 2.24) is 10.6 Å². The van der Waals surface area contributed by atoms with Crippen LogP contribution in [-0.4, -0.2) is 42.8 Å². The molecule has 1 fully saturated rings. The topological polar surface area (TPSA) is 93.7 Å². The number of hydrogen-bond acceptors (Lipinski definition) is 5. The van der Waals surface area contributed by atoms with Crippen molar-refractivity contribution in [3.05, 3.63) is 0 Å². The van der Waals surface area contributed by atoms with E-state index in [1.807, 2.05) is 0 Å². The van der Waals surface area contributed by atoms with Crippen molar-refractivity contribution in [2.24, 2.45) is 0 Å². The number of ether oxygens (including phenoxy) is 2. The Labute approximate surface area is 124 Å². The lowest BCUT2D eigenvalue weighted by Gasteiger charge is -2.19. The summed E-state index contributed by atoms with van der Waals surface area (Å²) in [5.41, 5.74) is -0.533. The zero-order chi connectivity index (χ0) is 15.9. The van der Waals surface area contributed by atoms with Crippen molar-refractivity contribution in [2.75, 3.05) is 13.2 Å². The van der Waals surface area contributed by atoms with Crippen LogP contribution in [0.1, 0.15) is 46.5 Å².